The van der Waals surface area contributed by atoms with Crippen LogP contribution in [0.3, 0.4) is 0 Å². The Kier molecular flexibility index (Phi) is 8.05. The minimum atomic E-state index is -0.138. The third-order valence-electron chi connectivity index (χ3n) is 4.76. The van der Waals surface area contributed by atoms with Crippen LogP contribution in [-0.4, -0.2) is 36.3 Å². The van der Waals surface area contributed by atoms with Crippen molar-refractivity contribution < 1.29 is 9.59 Å². The summed E-state index contributed by atoms with van der Waals surface area (Å²) in [5, 5.41) is 2.95. The van der Waals surface area contributed by atoms with Gasteiger partial charge in [0.1, 0.15) is 0 Å². The molecule has 2 aromatic rings. The Morgan fingerprint density at radius 1 is 0.964 bits per heavy atom. The molecule has 0 fully saturated rings. The second kappa shape index (κ2) is 10.5. The van der Waals surface area contributed by atoms with Crippen molar-refractivity contribution in [2.24, 2.45) is 0 Å². The molecule has 0 aliphatic rings. The smallest absolute Gasteiger partial charge is 0.255 e. The maximum absolute atomic E-state index is 12.6. The second-order valence-corrected chi connectivity index (χ2v) is 6.81. The molecule has 0 saturated heterocycles. The molecule has 5 heteroatoms. The van der Waals surface area contributed by atoms with E-state index in [9.17, 15) is 9.59 Å². The summed E-state index contributed by atoms with van der Waals surface area (Å²) in [6, 6.07) is 15.3. The fourth-order valence-electron chi connectivity index (χ4n) is 3.18. The lowest BCUT2D eigenvalue weighted by molar-refractivity contribution is -0.129. The van der Waals surface area contributed by atoms with Gasteiger partial charge in [0.25, 0.3) is 5.91 Å². The lowest BCUT2D eigenvalue weighted by Crippen LogP contribution is -2.27. The average molecular weight is 382 g/mol. The summed E-state index contributed by atoms with van der Waals surface area (Å²) in [4.78, 5) is 28.3. The molecular weight excluding hydrogens is 350 g/mol. The van der Waals surface area contributed by atoms with E-state index in [4.69, 9.17) is 0 Å². The summed E-state index contributed by atoms with van der Waals surface area (Å²) < 4.78 is 0. The van der Waals surface area contributed by atoms with Crippen LogP contribution in [0.5, 0.6) is 0 Å². The SMILES string of the molecule is CCCN(CC)c1ccc(C(=O)Nc2cccc(CN(CC)C(C)=O)c2)cc1. The van der Waals surface area contributed by atoms with E-state index in [-0.39, 0.29) is 11.8 Å². The van der Waals surface area contributed by atoms with Gasteiger partial charge in [0.2, 0.25) is 5.91 Å². The Hall–Kier alpha value is -2.82. The van der Waals surface area contributed by atoms with Crippen molar-refractivity contribution in [3.8, 4) is 0 Å². The van der Waals surface area contributed by atoms with Gasteiger partial charge in [-0.2, -0.15) is 0 Å². The highest BCUT2D eigenvalue weighted by Gasteiger charge is 2.10. The summed E-state index contributed by atoms with van der Waals surface area (Å²) in [7, 11) is 0. The van der Waals surface area contributed by atoms with Crippen molar-refractivity contribution in [3.05, 3.63) is 59.7 Å². The lowest BCUT2D eigenvalue weighted by atomic mass is 10.1. The lowest BCUT2D eigenvalue weighted by Gasteiger charge is -2.22. The van der Waals surface area contributed by atoms with Crippen molar-refractivity contribution in [2.45, 2.75) is 40.7 Å². The first-order valence-electron chi connectivity index (χ1n) is 9.99. The van der Waals surface area contributed by atoms with Crippen LogP contribution in [-0.2, 0) is 11.3 Å². The highest BCUT2D eigenvalue weighted by Crippen LogP contribution is 2.18. The zero-order valence-corrected chi connectivity index (χ0v) is 17.4. The zero-order valence-electron chi connectivity index (χ0n) is 17.4. The van der Waals surface area contributed by atoms with Gasteiger partial charge in [-0.1, -0.05) is 19.1 Å². The molecule has 0 aliphatic carbocycles. The molecule has 0 atom stereocenters. The largest absolute Gasteiger partial charge is 0.372 e. The third-order valence-corrected chi connectivity index (χ3v) is 4.76. The number of amides is 2. The minimum Gasteiger partial charge on any atom is -0.372 e. The van der Waals surface area contributed by atoms with E-state index in [1.807, 2.05) is 55.5 Å². The molecule has 2 aromatic carbocycles. The summed E-state index contributed by atoms with van der Waals surface area (Å²) in [6.45, 7) is 11.0. The van der Waals surface area contributed by atoms with Crippen molar-refractivity contribution >= 4 is 23.2 Å². The Morgan fingerprint density at radius 2 is 1.68 bits per heavy atom. The number of hydrogen-bond acceptors (Lipinski definition) is 3. The van der Waals surface area contributed by atoms with Gasteiger partial charge >= 0.3 is 0 Å². The van der Waals surface area contributed by atoms with Crippen LogP contribution in [0.4, 0.5) is 11.4 Å². The predicted octanol–water partition coefficient (Wildman–Crippen LogP) is 4.54. The Morgan fingerprint density at radius 3 is 2.25 bits per heavy atom. The molecule has 1 N–H and O–H groups in total. The zero-order chi connectivity index (χ0) is 20.5. The van der Waals surface area contributed by atoms with Gasteiger partial charge in [-0.15, -0.1) is 0 Å². The van der Waals surface area contributed by atoms with Crippen molar-refractivity contribution in [1.82, 2.24) is 4.90 Å². The molecule has 0 heterocycles. The second-order valence-electron chi connectivity index (χ2n) is 6.81. The van der Waals surface area contributed by atoms with Crippen LogP contribution >= 0.6 is 0 Å². The summed E-state index contributed by atoms with van der Waals surface area (Å²) >= 11 is 0. The standard InChI is InChI=1S/C23H31N3O2/c1-5-15-25(6-2)22-13-11-20(12-14-22)23(28)24-21-10-8-9-19(16-21)17-26(7-3)18(4)27/h8-14,16H,5-7,15,17H2,1-4H3,(H,24,28). The van der Waals surface area contributed by atoms with Crippen LogP contribution < -0.4 is 10.2 Å². The van der Waals surface area contributed by atoms with E-state index in [1.165, 1.54) is 0 Å². The molecule has 0 saturated carbocycles. The molecule has 150 valence electrons. The monoisotopic (exact) mass is 381 g/mol. The Bertz CT molecular complexity index is 787. The van der Waals surface area contributed by atoms with Gasteiger partial charge in [-0.25, -0.2) is 0 Å². The Labute approximate surface area is 168 Å². The van der Waals surface area contributed by atoms with Crippen LogP contribution in [0.2, 0.25) is 0 Å². The van der Waals surface area contributed by atoms with Gasteiger partial charge in [0, 0.05) is 50.0 Å². The maximum atomic E-state index is 12.6. The van der Waals surface area contributed by atoms with E-state index in [2.05, 4.69) is 24.1 Å². The first-order valence-corrected chi connectivity index (χ1v) is 9.99. The molecule has 0 bridgehead atoms. The molecule has 0 unspecified atom stereocenters. The van der Waals surface area contributed by atoms with Crippen molar-refractivity contribution in [3.63, 3.8) is 0 Å². The first-order chi connectivity index (χ1) is 13.5. The predicted molar refractivity (Wildman–Crippen MR) is 116 cm³/mol. The summed E-state index contributed by atoms with van der Waals surface area (Å²) in [6.07, 6.45) is 1.09. The van der Waals surface area contributed by atoms with Crippen LogP contribution in [0.15, 0.2) is 48.5 Å². The van der Waals surface area contributed by atoms with Crippen LogP contribution in [0.25, 0.3) is 0 Å². The molecule has 5 nitrogen and oxygen atoms in total. The fraction of sp³-hybridized carbons (Fsp3) is 0.391. The number of hydrogen-bond donors (Lipinski definition) is 1. The molecule has 2 rings (SSSR count). The molecule has 0 spiro atoms. The Balaban J connectivity index is 2.06. The third kappa shape index (κ3) is 5.84. The topological polar surface area (TPSA) is 52.7 Å². The molecular formula is C23H31N3O2. The first kappa shape index (κ1) is 21.5. The fourth-order valence-corrected chi connectivity index (χ4v) is 3.18. The van der Waals surface area contributed by atoms with Crippen LogP contribution in [0.1, 0.15) is 50.0 Å². The van der Waals surface area contributed by atoms with Gasteiger partial charge in [0.05, 0.1) is 0 Å². The number of rotatable bonds is 9. The van der Waals surface area contributed by atoms with E-state index in [0.717, 1.165) is 36.4 Å². The average Bonchev–Trinajstić information content (AvgIpc) is 2.70. The summed E-state index contributed by atoms with van der Waals surface area (Å²) in [5.41, 5.74) is 3.48. The number of nitrogens with one attached hydrogen (secondary N) is 1. The maximum Gasteiger partial charge on any atom is 0.255 e. The number of anilines is 2. The van der Waals surface area contributed by atoms with Gasteiger partial charge in [-0.3, -0.25) is 9.59 Å². The quantitative estimate of drug-likeness (QED) is 0.694. The molecule has 0 aliphatic heterocycles. The number of benzene rings is 2. The van der Waals surface area contributed by atoms with Crippen molar-refractivity contribution in [1.29, 1.82) is 0 Å². The van der Waals surface area contributed by atoms with Gasteiger partial charge in [0.15, 0.2) is 0 Å². The van der Waals surface area contributed by atoms with Crippen molar-refractivity contribution in [2.75, 3.05) is 29.9 Å². The van der Waals surface area contributed by atoms with E-state index < -0.39 is 0 Å². The van der Waals surface area contributed by atoms with E-state index >= 15 is 0 Å². The molecule has 0 aromatic heterocycles. The normalized spacial score (nSPS) is 10.4. The highest BCUT2D eigenvalue weighted by molar-refractivity contribution is 6.04. The molecule has 2 amide bonds. The van der Waals surface area contributed by atoms with Gasteiger partial charge < -0.3 is 15.1 Å². The van der Waals surface area contributed by atoms with E-state index in [0.29, 0.717) is 18.7 Å². The number of nitrogens with zero attached hydrogens (tertiary/aromatic N) is 2. The highest BCUT2D eigenvalue weighted by atomic mass is 16.2. The summed E-state index contributed by atoms with van der Waals surface area (Å²) in [5.74, 6) is -0.0950. The molecule has 0 radical (unpaired) electrons. The van der Waals surface area contributed by atoms with Crippen LogP contribution in [0, 0.1) is 0 Å². The minimum absolute atomic E-state index is 0.0428. The van der Waals surface area contributed by atoms with E-state index in [1.54, 1.807) is 11.8 Å². The number of carbonyl (C=O) groups is 2. The van der Waals surface area contributed by atoms with Gasteiger partial charge in [-0.05, 0) is 62.2 Å². The molecule has 28 heavy (non-hydrogen) atoms. The number of carbonyl (C=O) groups excluding carboxylic acids is 2.